The Hall–Kier alpha value is -2.39. The fourth-order valence-electron chi connectivity index (χ4n) is 4.10. The molecule has 28 heavy (non-hydrogen) atoms. The highest BCUT2D eigenvalue weighted by molar-refractivity contribution is 6.22. The largest absolute Gasteiger partial charge is 0.354 e. The maximum absolute atomic E-state index is 14.4. The van der Waals surface area contributed by atoms with E-state index >= 15 is 0 Å². The predicted molar refractivity (Wildman–Crippen MR) is 113 cm³/mol. The van der Waals surface area contributed by atoms with Crippen LogP contribution < -0.4 is 10.6 Å². The van der Waals surface area contributed by atoms with Crippen molar-refractivity contribution in [3.63, 3.8) is 0 Å². The van der Waals surface area contributed by atoms with E-state index in [-0.39, 0.29) is 22.9 Å². The molecule has 1 aromatic carbocycles. The molecule has 144 valence electrons. The third kappa shape index (κ3) is 3.51. The molecule has 0 bridgehead atoms. The van der Waals surface area contributed by atoms with Crippen LogP contribution in [0, 0.1) is 12.8 Å². The van der Waals surface area contributed by atoms with Crippen molar-refractivity contribution in [2.75, 3.05) is 0 Å². The van der Waals surface area contributed by atoms with Crippen LogP contribution in [0.2, 0.25) is 0 Å². The van der Waals surface area contributed by atoms with Gasteiger partial charge in [0.2, 0.25) is 0 Å². The quantitative estimate of drug-likeness (QED) is 0.747. The average molecular weight is 396 g/mol. The van der Waals surface area contributed by atoms with E-state index in [1.165, 1.54) is 11.6 Å². The first-order valence-corrected chi connectivity index (χ1v) is 10.1. The second-order valence-corrected chi connectivity index (χ2v) is 8.17. The van der Waals surface area contributed by atoms with Crippen LogP contribution in [0.25, 0.3) is 22.4 Å². The van der Waals surface area contributed by atoms with Crippen molar-refractivity contribution in [1.29, 1.82) is 0 Å². The van der Waals surface area contributed by atoms with Crippen LogP contribution in [0.15, 0.2) is 54.4 Å². The van der Waals surface area contributed by atoms with E-state index in [1.807, 2.05) is 6.08 Å². The summed E-state index contributed by atoms with van der Waals surface area (Å²) in [5, 5.41) is 1.55. The third-order valence-electron chi connectivity index (χ3n) is 5.72. The lowest BCUT2D eigenvalue weighted by Gasteiger charge is -2.23. The van der Waals surface area contributed by atoms with Gasteiger partial charge in [0.05, 0.1) is 10.7 Å². The molecule has 1 aromatic heterocycles. The molecule has 0 spiro atoms. The minimum absolute atomic E-state index is 0.0829. The number of nitrogens with one attached hydrogen (secondary N) is 1. The van der Waals surface area contributed by atoms with E-state index < -0.39 is 0 Å². The number of hydrogen-bond donors (Lipinski definition) is 1. The Kier molecular flexibility index (Phi) is 5.11. The molecular weight excluding hydrogens is 373 g/mol. The van der Waals surface area contributed by atoms with Crippen LogP contribution in [0.5, 0.6) is 0 Å². The number of allylic oxidation sites excluding steroid dienone is 4. The van der Waals surface area contributed by atoms with Gasteiger partial charge in [0.15, 0.2) is 5.78 Å². The normalized spacial score (nSPS) is 21.5. The summed E-state index contributed by atoms with van der Waals surface area (Å²) in [4.78, 5) is 15.6. The van der Waals surface area contributed by atoms with Crippen molar-refractivity contribution in [3.8, 4) is 11.3 Å². The number of fused-ring (bicyclic) bond motifs is 1. The first kappa shape index (κ1) is 18.9. The lowest BCUT2D eigenvalue weighted by molar-refractivity contribution is -0.112. The summed E-state index contributed by atoms with van der Waals surface area (Å²) in [6, 6.07) is 10.4. The highest BCUT2D eigenvalue weighted by atomic mass is 35.5. The molecule has 0 saturated heterocycles. The number of rotatable bonds is 4. The summed E-state index contributed by atoms with van der Waals surface area (Å²) in [5.41, 5.74) is 5.22. The minimum atomic E-state index is -0.355. The molecule has 2 atom stereocenters. The molecule has 1 heterocycles. The molecule has 4 heteroatoms. The SMILES string of the molecule is CC(=O)C1=c2[nH]c(-c3ccc(C)cc3)cc2=C(CC2C(F)=CC=CC2Cl)CC1. The topological polar surface area (TPSA) is 32.9 Å². The summed E-state index contributed by atoms with van der Waals surface area (Å²) in [7, 11) is 0. The monoisotopic (exact) mass is 395 g/mol. The molecule has 0 fully saturated rings. The van der Waals surface area contributed by atoms with E-state index in [4.69, 9.17) is 11.6 Å². The Labute approximate surface area is 169 Å². The number of carbonyl (C=O) groups is 1. The van der Waals surface area contributed by atoms with Gasteiger partial charge in [-0.25, -0.2) is 4.39 Å². The molecule has 2 aliphatic carbocycles. The molecule has 2 unspecified atom stereocenters. The number of ketones is 1. The number of alkyl halides is 1. The zero-order valence-electron chi connectivity index (χ0n) is 16.1. The lowest BCUT2D eigenvalue weighted by Crippen LogP contribution is -2.34. The zero-order valence-corrected chi connectivity index (χ0v) is 16.8. The fourth-order valence-corrected chi connectivity index (χ4v) is 4.39. The molecule has 2 nitrogen and oxygen atoms in total. The minimum Gasteiger partial charge on any atom is -0.354 e. The number of hydrogen-bond acceptors (Lipinski definition) is 1. The summed E-state index contributed by atoms with van der Waals surface area (Å²) in [5.74, 6) is -0.446. The van der Waals surface area contributed by atoms with Gasteiger partial charge in [-0.15, -0.1) is 11.6 Å². The highest BCUT2D eigenvalue weighted by Gasteiger charge is 2.27. The predicted octanol–water partition coefficient (Wildman–Crippen LogP) is 4.71. The van der Waals surface area contributed by atoms with E-state index in [9.17, 15) is 9.18 Å². The molecular formula is C24H23ClFNO. The van der Waals surface area contributed by atoms with Crippen molar-refractivity contribution in [3.05, 3.63) is 70.5 Å². The molecule has 0 amide bonds. The molecule has 0 radical (unpaired) electrons. The number of halogens is 2. The summed E-state index contributed by atoms with van der Waals surface area (Å²) >= 11 is 6.37. The Balaban J connectivity index is 1.85. The Morgan fingerprint density at radius 3 is 2.68 bits per heavy atom. The summed E-state index contributed by atoms with van der Waals surface area (Å²) in [6.07, 6.45) is 6.99. The number of carbonyl (C=O) groups excluding carboxylic acids is 1. The molecule has 2 aromatic rings. The van der Waals surface area contributed by atoms with Crippen LogP contribution in [0.4, 0.5) is 4.39 Å². The molecule has 1 N–H and O–H groups in total. The van der Waals surface area contributed by atoms with Crippen molar-refractivity contribution >= 4 is 28.5 Å². The van der Waals surface area contributed by atoms with Gasteiger partial charge in [-0.1, -0.05) is 47.6 Å². The number of aromatic nitrogens is 1. The van der Waals surface area contributed by atoms with Gasteiger partial charge in [-0.3, -0.25) is 4.79 Å². The maximum atomic E-state index is 14.4. The molecule has 0 aliphatic heterocycles. The van der Waals surface area contributed by atoms with Gasteiger partial charge in [-0.2, -0.15) is 0 Å². The number of H-pyrrole nitrogens is 1. The molecule has 4 rings (SSSR count). The van der Waals surface area contributed by atoms with E-state index in [1.54, 1.807) is 13.0 Å². The third-order valence-corrected chi connectivity index (χ3v) is 6.17. The van der Waals surface area contributed by atoms with Crippen LogP contribution in [-0.4, -0.2) is 16.1 Å². The van der Waals surface area contributed by atoms with Gasteiger partial charge in [0.1, 0.15) is 5.83 Å². The fraction of sp³-hybridized carbons (Fsp3) is 0.292. The van der Waals surface area contributed by atoms with Crippen LogP contribution in [0.3, 0.4) is 0 Å². The number of aryl methyl sites for hydroxylation is 1. The smallest absolute Gasteiger partial charge is 0.157 e. The van der Waals surface area contributed by atoms with Crippen LogP contribution in [-0.2, 0) is 4.79 Å². The van der Waals surface area contributed by atoms with Crippen LogP contribution in [0.1, 0.15) is 31.7 Å². The zero-order chi connectivity index (χ0) is 19.8. The lowest BCUT2D eigenvalue weighted by atomic mass is 9.86. The molecule has 0 saturated carbocycles. The van der Waals surface area contributed by atoms with E-state index in [0.29, 0.717) is 12.8 Å². The first-order valence-electron chi connectivity index (χ1n) is 9.64. The Morgan fingerprint density at radius 1 is 1.25 bits per heavy atom. The van der Waals surface area contributed by atoms with Crippen molar-refractivity contribution in [2.24, 2.45) is 5.92 Å². The van der Waals surface area contributed by atoms with Gasteiger partial charge in [0, 0.05) is 17.2 Å². The summed E-state index contributed by atoms with van der Waals surface area (Å²) < 4.78 is 14.4. The number of benzene rings is 1. The Bertz CT molecular complexity index is 1100. The number of Topliss-reactive ketones (excluding diaryl/α,β-unsaturated/α-hetero) is 1. The van der Waals surface area contributed by atoms with Crippen LogP contribution >= 0.6 is 11.6 Å². The summed E-state index contributed by atoms with van der Waals surface area (Å²) in [6.45, 7) is 3.67. The second kappa shape index (κ2) is 7.56. The van der Waals surface area contributed by atoms with Gasteiger partial charge in [0.25, 0.3) is 0 Å². The van der Waals surface area contributed by atoms with Crippen molar-refractivity contribution in [2.45, 2.75) is 38.5 Å². The highest BCUT2D eigenvalue weighted by Crippen LogP contribution is 2.34. The standard InChI is InChI=1S/C24H23ClFNO/c1-14-6-8-16(9-7-14)23-13-19-17(10-11-18(15(2)28)24(19)27-23)12-20-21(25)4-3-5-22(20)26/h3-9,13,20-21,27H,10-12H2,1-2H3. The van der Waals surface area contributed by atoms with E-state index in [2.05, 4.69) is 42.2 Å². The van der Waals surface area contributed by atoms with Gasteiger partial charge >= 0.3 is 0 Å². The van der Waals surface area contributed by atoms with Crippen molar-refractivity contribution in [1.82, 2.24) is 4.98 Å². The van der Waals surface area contributed by atoms with Crippen molar-refractivity contribution < 1.29 is 9.18 Å². The molecule has 2 aliphatic rings. The second-order valence-electron chi connectivity index (χ2n) is 7.67. The maximum Gasteiger partial charge on any atom is 0.157 e. The Morgan fingerprint density at radius 2 is 2.00 bits per heavy atom. The van der Waals surface area contributed by atoms with Gasteiger partial charge in [-0.05, 0) is 56.0 Å². The van der Waals surface area contributed by atoms with E-state index in [0.717, 1.165) is 39.4 Å². The number of aromatic amines is 1. The average Bonchev–Trinajstić information content (AvgIpc) is 3.10. The van der Waals surface area contributed by atoms with Gasteiger partial charge < -0.3 is 4.98 Å². The first-order chi connectivity index (χ1) is 13.4.